The van der Waals surface area contributed by atoms with Gasteiger partial charge in [-0.2, -0.15) is 0 Å². The maximum atomic E-state index is 12.3. The molecule has 1 aromatic carbocycles. The van der Waals surface area contributed by atoms with Crippen molar-refractivity contribution in [3.63, 3.8) is 0 Å². The van der Waals surface area contributed by atoms with Gasteiger partial charge in [0.25, 0.3) is 0 Å². The van der Waals surface area contributed by atoms with Gasteiger partial charge in [0.05, 0.1) is 7.11 Å². The number of carbonyl (C=O) groups excluding carboxylic acids is 1. The molecule has 0 spiro atoms. The van der Waals surface area contributed by atoms with E-state index in [2.05, 4.69) is 34.3 Å². The summed E-state index contributed by atoms with van der Waals surface area (Å²) in [5.74, 6) is 1.46. The summed E-state index contributed by atoms with van der Waals surface area (Å²) in [6, 6.07) is 13.8. The number of nitrogens with zero attached hydrogens (tertiary/aromatic N) is 3. The molecule has 132 valence electrons. The Bertz CT molecular complexity index is 700. The number of methoxy groups -OCH3 is 1. The molecule has 0 unspecified atom stereocenters. The molecule has 3 rings (SSSR count). The highest BCUT2D eigenvalue weighted by atomic mass is 16.5. The lowest BCUT2D eigenvalue weighted by Crippen LogP contribution is -2.50. The fraction of sp³-hybridized carbons (Fsp3) is 0.368. The van der Waals surface area contributed by atoms with Crippen LogP contribution in [0.5, 0.6) is 5.75 Å². The van der Waals surface area contributed by atoms with Crippen molar-refractivity contribution >= 4 is 11.8 Å². The third-order valence-electron chi connectivity index (χ3n) is 4.63. The number of rotatable bonds is 4. The number of carbonyl (C=O) groups is 1. The highest BCUT2D eigenvalue weighted by Crippen LogP contribution is 2.25. The maximum Gasteiger partial charge on any atom is 0.323 e. The van der Waals surface area contributed by atoms with E-state index in [1.807, 2.05) is 29.2 Å². The average molecular weight is 340 g/mol. The van der Waals surface area contributed by atoms with Crippen molar-refractivity contribution < 1.29 is 9.53 Å². The standard InChI is InChI=1S/C19H24N4O2/c1-15(16-6-5-7-17(14-16)25-2)22-10-12-23(13-11-22)19(24)21-18-8-3-4-9-20-18/h3-9,14-15H,10-13H2,1-2H3,(H,20,21,24)/t15-/m0/s1. The molecule has 2 aromatic rings. The largest absolute Gasteiger partial charge is 0.497 e. The number of hydrogen-bond donors (Lipinski definition) is 1. The lowest BCUT2D eigenvalue weighted by molar-refractivity contribution is 0.119. The van der Waals surface area contributed by atoms with E-state index in [-0.39, 0.29) is 12.1 Å². The van der Waals surface area contributed by atoms with Gasteiger partial charge in [-0.05, 0) is 36.8 Å². The van der Waals surface area contributed by atoms with Gasteiger partial charge >= 0.3 is 6.03 Å². The number of nitrogens with one attached hydrogen (secondary N) is 1. The van der Waals surface area contributed by atoms with E-state index < -0.39 is 0 Å². The summed E-state index contributed by atoms with van der Waals surface area (Å²) in [4.78, 5) is 20.7. The Morgan fingerprint density at radius 3 is 2.64 bits per heavy atom. The van der Waals surface area contributed by atoms with Crippen LogP contribution in [0.3, 0.4) is 0 Å². The SMILES string of the molecule is COc1cccc([C@H](C)N2CCN(C(=O)Nc3ccccn3)CC2)c1. The summed E-state index contributed by atoms with van der Waals surface area (Å²) >= 11 is 0. The quantitative estimate of drug-likeness (QED) is 0.929. The smallest absolute Gasteiger partial charge is 0.323 e. The van der Waals surface area contributed by atoms with Crippen LogP contribution in [0.1, 0.15) is 18.5 Å². The Kier molecular flexibility index (Phi) is 5.50. The predicted octanol–water partition coefficient (Wildman–Crippen LogP) is 3.00. The molecule has 6 heteroatoms. The molecular weight excluding hydrogens is 316 g/mol. The molecule has 0 radical (unpaired) electrons. The molecule has 2 heterocycles. The number of amides is 2. The molecule has 0 aliphatic carbocycles. The first-order valence-corrected chi connectivity index (χ1v) is 8.52. The second kappa shape index (κ2) is 7.98. The molecule has 1 aromatic heterocycles. The fourth-order valence-corrected chi connectivity index (χ4v) is 3.05. The maximum absolute atomic E-state index is 12.3. The summed E-state index contributed by atoms with van der Waals surface area (Å²) in [6.45, 7) is 5.28. The second-order valence-electron chi connectivity index (χ2n) is 6.12. The third-order valence-corrected chi connectivity index (χ3v) is 4.63. The molecule has 25 heavy (non-hydrogen) atoms. The molecule has 1 aliphatic rings. The van der Waals surface area contributed by atoms with E-state index >= 15 is 0 Å². The molecular formula is C19H24N4O2. The molecule has 1 atom stereocenters. The second-order valence-corrected chi connectivity index (χ2v) is 6.12. The van der Waals surface area contributed by atoms with Crippen molar-refractivity contribution in [2.24, 2.45) is 0 Å². The van der Waals surface area contributed by atoms with Gasteiger partial charge in [-0.1, -0.05) is 18.2 Å². The van der Waals surface area contributed by atoms with E-state index in [4.69, 9.17) is 4.74 Å². The number of hydrogen-bond acceptors (Lipinski definition) is 4. The molecule has 1 aliphatic heterocycles. The van der Waals surface area contributed by atoms with E-state index in [0.29, 0.717) is 18.9 Å². The van der Waals surface area contributed by atoms with Gasteiger partial charge in [0.2, 0.25) is 0 Å². The monoisotopic (exact) mass is 340 g/mol. The van der Waals surface area contributed by atoms with Crippen LogP contribution in [0.4, 0.5) is 10.6 Å². The van der Waals surface area contributed by atoms with Crippen molar-refractivity contribution in [1.82, 2.24) is 14.8 Å². The number of anilines is 1. The number of ether oxygens (including phenoxy) is 1. The van der Waals surface area contributed by atoms with Crippen LogP contribution in [0.2, 0.25) is 0 Å². The van der Waals surface area contributed by atoms with E-state index in [1.54, 1.807) is 19.4 Å². The Balaban J connectivity index is 1.55. The fourth-order valence-electron chi connectivity index (χ4n) is 3.05. The minimum absolute atomic E-state index is 0.0904. The molecule has 0 bridgehead atoms. The van der Waals surface area contributed by atoms with Crippen LogP contribution in [0.25, 0.3) is 0 Å². The average Bonchev–Trinajstić information content (AvgIpc) is 2.68. The Morgan fingerprint density at radius 1 is 1.16 bits per heavy atom. The van der Waals surface area contributed by atoms with Crippen molar-refractivity contribution in [2.45, 2.75) is 13.0 Å². The highest BCUT2D eigenvalue weighted by molar-refractivity contribution is 5.88. The van der Waals surface area contributed by atoms with Gasteiger partial charge in [-0.3, -0.25) is 10.2 Å². The topological polar surface area (TPSA) is 57.7 Å². The van der Waals surface area contributed by atoms with Crippen molar-refractivity contribution in [3.05, 3.63) is 54.2 Å². The van der Waals surface area contributed by atoms with Crippen molar-refractivity contribution in [3.8, 4) is 5.75 Å². The van der Waals surface area contributed by atoms with Gasteiger partial charge in [0.1, 0.15) is 11.6 Å². The van der Waals surface area contributed by atoms with Crippen LogP contribution >= 0.6 is 0 Å². The van der Waals surface area contributed by atoms with Crippen LogP contribution in [-0.2, 0) is 0 Å². The minimum atomic E-state index is -0.0904. The first-order chi connectivity index (χ1) is 12.2. The highest BCUT2D eigenvalue weighted by Gasteiger charge is 2.25. The van der Waals surface area contributed by atoms with Crippen molar-refractivity contribution in [2.75, 3.05) is 38.6 Å². The van der Waals surface area contributed by atoms with E-state index in [0.717, 1.165) is 18.8 Å². The Labute approximate surface area is 148 Å². The van der Waals surface area contributed by atoms with E-state index in [1.165, 1.54) is 5.56 Å². The molecule has 1 saturated heterocycles. The van der Waals surface area contributed by atoms with Crippen LogP contribution < -0.4 is 10.1 Å². The number of benzene rings is 1. The van der Waals surface area contributed by atoms with Crippen molar-refractivity contribution in [1.29, 1.82) is 0 Å². The van der Waals surface area contributed by atoms with Crippen LogP contribution in [0.15, 0.2) is 48.7 Å². The summed E-state index contributed by atoms with van der Waals surface area (Å²) in [5.41, 5.74) is 1.23. The molecule has 1 fully saturated rings. The van der Waals surface area contributed by atoms with Gasteiger partial charge in [-0.25, -0.2) is 9.78 Å². The third kappa shape index (κ3) is 4.28. The summed E-state index contributed by atoms with van der Waals surface area (Å²) in [6.07, 6.45) is 1.67. The van der Waals surface area contributed by atoms with Gasteiger partial charge in [0, 0.05) is 38.4 Å². The number of piperazine rings is 1. The minimum Gasteiger partial charge on any atom is -0.497 e. The Morgan fingerprint density at radius 2 is 1.96 bits per heavy atom. The summed E-state index contributed by atoms with van der Waals surface area (Å²) < 4.78 is 5.31. The van der Waals surface area contributed by atoms with Gasteiger partial charge < -0.3 is 9.64 Å². The molecule has 0 saturated carbocycles. The first kappa shape index (κ1) is 17.2. The first-order valence-electron chi connectivity index (χ1n) is 8.52. The summed E-state index contributed by atoms with van der Waals surface area (Å²) in [7, 11) is 1.68. The summed E-state index contributed by atoms with van der Waals surface area (Å²) in [5, 5.41) is 2.84. The van der Waals surface area contributed by atoms with Crippen LogP contribution in [0, 0.1) is 0 Å². The van der Waals surface area contributed by atoms with Crippen LogP contribution in [-0.4, -0.2) is 54.1 Å². The number of aromatic nitrogens is 1. The zero-order valence-electron chi connectivity index (χ0n) is 14.7. The predicted molar refractivity (Wildman–Crippen MR) is 97.8 cm³/mol. The molecule has 2 amide bonds. The molecule has 1 N–H and O–H groups in total. The Hall–Kier alpha value is -2.60. The number of pyridine rings is 1. The lowest BCUT2D eigenvalue weighted by Gasteiger charge is -2.38. The van der Waals surface area contributed by atoms with Gasteiger partial charge in [0.15, 0.2) is 0 Å². The van der Waals surface area contributed by atoms with Gasteiger partial charge in [-0.15, -0.1) is 0 Å². The zero-order valence-corrected chi connectivity index (χ0v) is 14.7. The van der Waals surface area contributed by atoms with E-state index in [9.17, 15) is 4.79 Å². The lowest BCUT2D eigenvalue weighted by atomic mass is 10.1. The zero-order chi connectivity index (χ0) is 17.6. The normalized spacial score (nSPS) is 16.3. The number of urea groups is 1. The molecule has 6 nitrogen and oxygen atoms in total.